The molecule has 1 N–H and O–H groups in total. The van der Waals surface area contributed by atoms with Gasteiger partial charge in [-0.3, -0.25) is 4.79 Å². The van der Waals surface area contributed by atoms with E-state index in [9.17, 15) is 4.79 Å². The molecule has 0 bridgehead atoms. The average molecular weight is 184 g/mol. The molecule has 0 fully saturated rings. The molecule has 0 aliphatic heterocycles. The first kappa shape index (κ1) is 9.32. The van der Waals surface area contributed by atoms with Crippen LogP contribution in [0.5, 0.6) is 0 Å². The number of nitrogens with zero attached hydrogens (tertiary/aromatic N) is 1. The van der Waals surface area contributed by atoms with Gasteiger partial charge in [-0.2, -0.15) is 0 Å². The molecule has 1 rings (SSSR count). The molecule has 4 heteroatoms. The number of aryl methyl sites for hydroxylation is 1. The van der Waals surface area contributed by atoms with Gasteiger partial charge in [-0.05, 0) is 12.8 Å². The van der Waals surface area contributed by atoms with Crippen LogP contribution in [0.2, 0.25) is 0 Å². The Hall–Kier alpha value is -0.770. The summed E-state index contributed by atoms with van der Waals surface area (Å²) in [5, 5.41) is 0.613. The van der Waals surface area contributed by atoms with Crippen LogP contribution < -0.4 is 5.56 Å². The van der Waals surface area contributed by atoms with E-state index in [1.54, 1.807) is 6.92 Å². The van der Waals surface area contributed by atoms with Crippen LogP contribution >= 0.6 is 12.6 Å². The summed E-state index contributed by atoms with van der Waals surface area (Å²) in [5.74, 6) is 0.248. The SMILES string of the molecule is Cc1nc(S)c(C(C)C)[nH]c1=O. The molecule has 0 saturated heterocycles. The third kappa shape index (κ3) is 1.69. The van der Waals surface area contributed by atoms with Crippen LogP contribution in [-0.2, 0) is 0 Å². The van der Waals surface area contributed by atoms with Crippen LogP contribution in [0.4, 0.5) is 0 Å². The van der Waals surface area contributed by atoms with Crippen LogP contribution in [0.3, 0.4) is 0 Å². The largest absolute Gasteiger partial charge is 0.322 e. The fourth-order valence-electron chi connectivity index (χ4n) is 0.941. The molecule has 0 atom stereocenters. The van der Waals surface area contributed by atoms with Gasteiger partial charge in [0.2, 0.25) is 0 Å². The predicted octanol–water partition coefficient (Wildman–Crippen LogP) is 1.49. The van der Waals surface area contributed by atoms with E-state index < -0.39 is 0 Å². The number of hydrogen-bond donors (Lipinski definition) is 2. The topological polar surface area (TPSA) is 45.8 Å². The average Bonchev–Trinajstić information content (AvgIpc) is 1.96. The van der Waals surface area contributed by atoms with Crippen molar-refractivity contribution in [1.82, 2.24) is 9.97 Å². The first-order valence-corrected chi connectivity index (χ1v) is 4.27. The summed E-state index contributed by atoms with van der Waals surface area (Å²) in [6.45, 7) is 5.65. The quantitative estimate of drug-likeness (QED) is 0.649. The van der Waals surface area contributed by atoms with Gasteiger partial charge in [0, 0.05) is 0 Å². The Kier molecular flexibility index (Phi) is 2.57. The van der Waals surface area contributed by atoms with Crippen LogP contribution in [0.25, 0.3) is 0 Å². The van der Waals surface area contributed by atoms with Gasteiger partial charge in [-0.15, -0.1) is 12.6 Å². The molecule has 0 spiro atoms. The van der Waals surface area contributed by atoms with Crippen molar-refractivity contribution in [3.63, 3.8) is 0 Å². The van der Waals surface area contributed by atoms with Crippen molar-refractivity contribution in [1.29, 1.82) is 0 Å². The van der Waals surface area contributed by atoms with Gasteiger partial charge in [-0.25, -0.2) is 4.98 Å². The first-order chi connectivity index (χ1) is 5.52. The van der Waals surface area contributed by atoms with Crippen molar-refractivity contribution < 1.29 is 0 Å². The molecule has 0 aliphatic carbocycles. The summed E-state index contributed by atoms with van der Waals surface area (Å²) in [4.78, 5) is 17.9. The Morgan fingerprint density at radius 3 is 2.58 bits per heavy atom. The highest BCUT2D eigenvalue weighted by atomic mass is 32.1. The van der Waals surface area contributed by atoms with Crippen molar-refractivity contribution in [2.45, 2.75) is 31.7 Å². The molecule has 0 aromatic carbocycles. The van der Waals surface area contributed by atoms with E-state index in [0.717, 1.165) is 5.69 Å². The number of hydrogen-bond acceptors (Lipinski definition) is 3. The Morgan fingerprint density at radius 2 is 2.08 bits per heavy atom. The highest BCUT2D eigenvalue weighted by Gasteiger charge is 2.07. The maximum Gasteiger partial charge on any atom is 0.269 e. The number of aromatic amines is 1. The Bertz CT molecular complexity index is 343. The molecule has 3 nitrogen and oxygen atoms in total. The van der Waals surface area contributed by atoms with Gasteiger partial charge in [0.15, 0.2) is 0 Å². The number of nitrogens with one attached hydrogen (secondary N) is 1. The summed E-state index contributed by atoms with van der Waals surface area (Å²) in [5.41, 5.74) is 1.13. The minimum Gasteiger partial charge on any atom is -0.322 e. The normalized spacial score (nSPS) is 10.8. The van der Waals surface area contributed by atoms with Gasteiger partial charge in [0.25, 0.3) is 5.56 Å². The summed E-state index contributed by atoms with van der Waals surface area (Å²) in [7, 11) is 0. The molecule has 0 unspecified atom stereocenters. The van der Waals surface area contributed by atoms with Crippen molar-refractivity contribution in [2.75, 3.05) is 0 Å². The van der Waals surface area contributed by atoms with Crippen LogP contribution in [0.15, 0.2) is 9.82 Å². The van der Waals surface area contributed by atoms with Gasteiger partial charge >= 0.3 is 0 Å². The van der Waals surface area contributed by atoms with Gasteiger partial charge in [0.05, 0.1) is 5.69 Å². The highest BCUT2D eigenvalue weighted by Crippen LogP contribution is 2.16. The van der Waals surface area contributed by atoms with E-state index >= 15 is 0 Å². The molecule has 0 radical (unpaired) electrons. The van der Waals surface area contributed by atoms with Crippen LogP contribution in [0.1, 0.15) is 31.2 Å². The zero-order chi connectivity index (χ0) is 9.30. The minimum atomic E-state index is -0.128. The van der Waals surface area contributed by atoms with Crippen molar-refractivity contribution in [3.8, 4) is 0 Å². The molecular formula is C8H12N2OS. The molecule has 66 valence electrons. The molecule has 0 amide bonds. The molecule has 1 aromatic heterocycles. The van der Waals surface area contributed by atoms with Crippen LogP contribution in [0, 0.1) is 6.92 Å². The zero-order valence-electron chi connectivity index (χ0n) is 7.38. The number of aromatic nitrogens is 2. The van der Waals surface area contributed by atoms with E-state index in [-0.39, 0.29) is 11.5 Å². The fraction of sp³-hybridized carbons (Fsp3) is 0.500. The number of thiol groups is 1. The molecule has 0 aliphatic rings. The Labute approximate surface area is 76.6 Å². The summed E-state index contributed by atoms with van der Waals surface area (Å²) in [6.07, 6.45) is 0. The van der Waals surface area contributed by atoms with Crippen molar-refractivity contribution >= 4 is 12.6 Å². The van der Waals surface area contributed by atoms with Gasteiger partial charge in [-0.1, -0.05) is 13.8 Å². The maximum absolute atomic E-state index is 11.1. The van der Waals surface area contributed by atoms with Crippen LogP contribution in [-0.4, -0.2) is 9.97 Å². The molecule has 1 heterocycles. The van der Waals surface area contributed by atoms with E-state index in [0.29, 0.717) is 10.7 Å². The lowest BCUT2D eigenvalue weighted by molar-refractivity contribution is 0.752. The standard InChI is InChI=1S/C8H12N2OS/c1-4(2)6-8(12)9-5(3)7(11)10-6/h4H,1-3H3,(H,9,12)(H,10,11). The Balaban J connectivity index is 3.33. The molecule has 0 saturated carbocycles. The summed E-state index contributed by atoms with van der Waals surface area (Å²) < 4.78 is 0. The minimum absolute atomic E-state index is 0.128. The third-order valence-corrected chi connectivity index (χ3v) is 2.01. The lowest BCUT2D eigenvalue weighted by Gasteiger charge is -2.07. The molecule has 1 aromatic rings. The number of H-pyrrole nitrogens is 1. The lowest BCUT2D eigenvalue weighted by atomic mass is 10.1. The third-order valence-electron chi connectivity index (χ3n) is 1.67. The van der Waals surface area contributed by atoms with Crippen molar-refractivity contribution in [2.24, 2.45) is 0 Å². The Morgan fingerprint density at radius 1 is 1.50 bits per heavy atom. The van der Waals surface area contributed by atoms with Crippen molar-refractivity contribution in [3.05, 3.63) is 21.7 Å². The van der Waals surface area contributed by atoms with Gasteiger partial charge in [0.1, 0.15) is 10.7 Å². The monoisotopic (exact) mass is 184 g/mol. The fourth-order valence-corrected chi connectivity index (χ4v) is 1.41. The molecular weight excluding hydrogens is 172 g/mol. The van der Waals surface area contributed by atoms with E-state index in [1.807, 2.05) is 13.8 Å². The second kappa shape index (κ2) is 3.31. The van der Waals surface area contributed by atoms with E-state index in [4.69, 9.17) is 0 Å². The number of rotatable bonds is 1. The van der Waals surface area contributed by atoms with Gasteiger partial charge < -0.3 is 4.98 Å². The molecule has 12 heavy (non-hydrogen) atoms. The predicted molar refractivity (Wildman–Crippen MR) is 50.9 cm³/mol. The maximum atomic E-state index is 11.1. The second-order valence-corrected chi connectivity index (χ2v) is 3.47. The van der Waals surface area contributed by atoms with E-state index in [1.165, 1.54) is 0 Å². The first-order valence-electron chi connectivity index (χ1n) is 3.82. The highest BCUT2D eigenvalue weighted by molar-refractivity contribution is 7.80. The summed E-state index contributed by atoms with van der Waals surface area (Å²) >= 11 is 4.17. The summed E-state index contributed by atoms with van der Waals surface area (Å²) in [6, 6.07) is 0. The zero-order valence-corrected chi connectivity index (χ0v) is 8.27. The lowest BCUT2D eigenvalue weighted by Crippen LogP contribution is -2.15. The smallest absolute Gasteiger partial charge is 0.269 e. The van der Waals surface area contributed by atoms with E-state index in [2.05, 4.69) is 22.6 Å². The second-order valence-electron chi connectivity index (χ2n) is 3.04.